The summed E-state index contributed by atoms with van der Waals surface area (Å²) in [6, 6.07) is 8.16. The van der Waals surface area contributed by atoms with Crippen molar-refractivity contribution in [3.05, 3.63) is 29.3 Å². The normalized spacial score (nSPS) is 20.7. The molecule has 2 rings (SSSR count). The van der Waals surface area contributed by atoms with Crippen molar-refractivity contribution in [3.8, 4) is 5.75 Å². The van der Waals surface area contributed by atoms with Gasteiger partial charge in [0.05, 0.1) is 0 Å². The minimum Gasteiger partial charge on any atom is -0.492 e. The summed E-state index contributed by atoms with van der Waals surface area (Å²) in [5, 5.41) is 4.06. The van der Waals surface area contributed by atoms with Gasteiger partial charge in [-0.2, -0.15) is 0 Å². The van der Waals surface area contributed by atoms with E-state index < -0.39 is 0 Å². The van der Waals surface area contributed by atoms with Crippen molar-refractivity contribution in [2.45, 2.75) is 12.5 Å². The van der Waals surface area contributed by atoms with Crippen LogP contribution in [0, 0.1) is 0 Å². The molecule has 0 aliphatic carbocycles. The zero-order valence-corrected chi connectivity index (χ0v) is 10.9. The van der Waals surface area contributed by atoms with Gasteiger partial charge in [0.1, 0.15) is 12.4 Å². The van der Waals surface area contributed by atoms with E-state index in [0.29, 0.717) is 6.04 Å². The smallest absolute Gasteiger partial charge is 0.119 e. The van der Waals surface area contributed by atoms with Gasteiger partial charge in [0.15, 0.2) is 0 Å². The first-order valence-electron chi connectivity index (χ1n) is 6.06. The predicted molar refractivity (Wildman–Crippen MR) is 70.9 cm³/mol. The van der Waals surface area contributed by atoms with Crippen molar-refractivity contribution in [2.24, 2.45) is 0 Å². The lowest BCUT2D eigenvalue weighted by molar-refractivity contribution is 0.235. The standard InChI is InChI=1S/C13H19ClN2O/c1-15-12-6-7-16(10-12)8-9-17-13-4-2-11(14)3-5-13/h2-5,12,15H,6-10H2,1H3. The first kappa shape index (κ1) is 12.7. The van der Waals surface area contributed by atoms with Gasteiger partial charge in [0.2, 0.25) is 0 Å². The number of ether oxygens (including phenoxy) is 1. The average molecular weight is 255 g/mol. The zero-order chi connectivity index (χ0) is 12.1. The summed E-state index contributed by atoms with van der Waals surface area (Å²) in [6.07, 6.45) is 1.23. The molecule has 1 fully saturated rings. The number of nitrogens with zero attached hydrogens (tertiary/aromatic N) is 1. The van der Waals surface area contributed by atoms with Crippen LogP contribution in [0.3, 0.4) is 0 Å². The van der Waals surface area contributed by atoms with Crippen LogP contribution in [0.15, 0.2) is 24.3 Å². The number of nitrogens with one attached hydrogen (secondary N) is 1. The average Bonchev–Trinajstić information content (AvgIpc) is 2.80. The number of benzene rings is 1. The third kappa shape index (κ3) is 3.87. The van der Waals surface area contributed by atoms with Gasteiger partial charge in [-0.1, -0.05) is 11.6 Å². The van der Waals surface area contributed by atoms with Crippen LogP contribution < -0.4 is 10.1 Å². The van der Waals surface area contributed by atoms with Gasteiger partial charge < -0.3 is 10.1 Å². The number of likely N-dealkylation sites (tertiary alicyclic amines) is 1. The fourth-order valence-corrected chi connectivity index (χ4v) is 2.22. The van der Waals surface area contributed by atoms with E-state index in [1.165, 1.54) is 6.42 Å². The van der Waals surface area contributed by atoms with Crippen LogP contribution >= 0.6 is 11.6 Å². The Hall–Kier alpha value is -0.770. The Morgan fingerprint density at radius 1 is 1.41 bits per heavy atom. The molecular formula is C13H19ClN2O. The van der Waals surface area contributed by atoms with E-state index in [1.807, 2.05) is 31.3 Å². The second-order valence-corrected chi connectivity index (χ2v) is 4.81. The van der Waals surface area contributed by atoms with Gasteiger partial charge in [0, 0.05) is 24.2 Å². The van der Waals surface area contributed by atoms with E-state index in [0.717, 1.165) is 37.0 Å². The topological polar surface area (TPSA) is 24.5 Å². The Bertz CT molecular complexity index is 342. The molecule has 1 saturated heterocycles. The summed E-state index contributed by atoms with van der Waals surface area (Å²) in [6.45, 7) is 4.01. The lowest BCUT2D eigenvalue weighted by atomic mass is 10.3. The molecule has 1 N–H and O–H groups in total. The summed E-state index contributed by atoms with van der Waals surface area (Å²) < 4.78 is 5.67. The van der Waals surface area contributed by atoms with Gasteiger partial charge >= 0.3 is 0 Å². The van der Waals surface area contributed by atoms with Crippen molar-refractivity contribution >= 4 is 11.6 Å². The van der Waals surface area contributed by atoms with Gasteiger partial charge in [0.25, 0.3) is 0 Å². The van der Waals surface area contributed by atoms with Crippen LogP contribution in [0.25, 0.3) is 0 Å². The zero-order valence-electron chi connectivity index (χ0n) is 10.2. The SMILES string of the molecule is CNC1CCN(CCOc2ccc(Cl)cc2)C1. The highest BCUT2D eigenvalue weighted by molar-refractivity contribution is 6.30. The first-order valence-corrected chi connectivity index (χ1v) is 6.43. The van der Waals surface area contributed by atoms with Crippen LogP contribution in [0.4, 0.5) is 0 Å². The third-order valence-electron chi connectivity index (χ3n) is 3.17. The molecule has 1 aromatic carbocycles. The van der Waals surface area contributed by atoms with Crippen molar-refractivity contribution < 1.29 is 4.74 Å². The molecule has 4 heteroatoms. The minimum absolute atomic E-state index is 0.644. The maximum Gasteiger partial charge on any atom is 0.119 e. The molecular weight excluding hydrogens is 236 g/mol. The molecule has 94 valence electrons. The Balaban J connectivity index is 1.68. The lowest BCUT2D eigenvalue weighted by Gasteiger charge is -2.16. The Kier molecular flexibility index (Phi) is 4.66. The highest BCUT2D eigenvalue weighted by Crippen LogP contribution is 2.15. The van der Waals surface area contributed by atoms with Crippen LogP contribution in [-0.2, 0) is 0 Å². The van der Waals surface area contributed by atoms with Gasteiger partial charge in [-0.3, -0.25) is 4.90 Å². The Morgan fingerprint density at radius 2 is 2.18 bits per heavy atom. The monoisotopic (exact) mass is 254 g/mol. The second kappa shape index (κ2) is 6.24. The van der Waals surface area contributed by atoms with E-state index in [4.69, 9.17) is 16.3 Å². The molecule has 0 aromatic heterocycles. The molecule has 0 saturated carbocycles. The molecule has 1 heterocycles. The number of hydrogen-bond acceptors (Lipinski definition) is 3. The quantitative estimate of drug-likeness (QED) is 0.870. The summed E-state index contributed by atoms with van der Waals surface area (Å²) in [4.78, 5) is 2.43. The molecule has 1 aromatic rings. The number of halogens is 1. The molecule has 1 aliphatic rings. The minimum atomic E-state index is 0.644. The molecule has 0 spiro atoms. The van der Waals surface area contributed by atoms with Crippen LogP contribution in [0.5, 0.6) is 5.75 Å². The van der Waals surface area contributed by atoms with E-state index >= 15 is 0 Å². The van der Waals surface area contributed by atoms with E-state index in [-0.39, 0.29) is 0 Å². The fraction of sp³-hybridized carbons (Fsp3) is 0.538. The summed E-state index contributed by atoms with van der Waals surface area (Å²) >= 11 is 5.81. The van der Waals surface area contributed by atoms with Crippen molar-refractivity contribution in [1.29, 1.82) is 0 Å². The highest BCUT2D eigenvalue weighted by atomic mass is 35.5. The molecule has 0 amide bonds. The lowest BCUT2D eigenvalue weighted by Crippen LogP contribution is -2.31. The summed E-state index contributed by atoms with van der Waals surface area (Å²) in [7, 11) is 2.03. The first-order chi connectivity index (χ1) is 8.28. The van der Waals surface area contributed by atoms with Gasteiger partial charge in [-0.15, -0.1) is 0 Å². The van der Waals surface area contributed by atoms with Crippen molar-refractivity contribution in [2.75, 3.05) is 33.3 Å². The van der Waals surface area contributed by atoms with Crippen molar-refractivity contribution in [1.82, 2.24) is 10.2 Å². The van der Waals surface area contributed by atoms with E-state index in [2.05, 4.69) is 10.2 Å². The van der Waals surface area contributed by atoms with Gasteiger partial charge in [-0.25, -0.2) is 0 Å². The van der Waals surface area contributed by atoms with Crippen LogP contribution in [-0.4, -0.2) is 44.2 Å². The largest absolute Gasteiger partial charge is 0.492 e. The Labute approximate surface area is 108 Å². The molecule has 3 nitrogen and oxygen atoms in total. The predicted octanol–water partition coefficient (Wildman–Crippen LogP) is 2.01. The number of likely N-dealkylation sites (N-methyl/N-ethyl adjacent to an activating group) is 1. The summed E-state index contributed by atoms with van der Waals surface area (Å²) in [5.41, 5.74) is 0. The Morgan fingerprint density at radius 3 is 2.82 bits per heavy atom. The molecule has 1 atom stereocenters. The van der Waals surface area contributed by atoms with E-state index in [9.17, 15) is 0 Å². The highest BCUT2D eigenvalue weighted by Gasteiger charge is 2.20. The molecule has 1 unspecified atom stereocenters. The number of rotatable bonds is 5. The fourth-order valence-electron chi connectivity index (χ4n) is 2.09. The molecule has 17 heavy (non-hydrogen) atoms. The third-order valence-corrected chi connectivity index (χ3v) is 3.42. The van der Waals surface area contributed by atoms with Crippen LogP contribution in [0.1, 0.15) is 6.42 Å². The number of hydrogen-bond donors (Lipinski definition) is 1. The maximum absolute atomic E-state index is 5.81. The summed E-state index contributed by atoms with van der Waals surface area (Å²) in [5.74, 6) is 0.888. The second-order valence-electron chi connectivity index (χ2n) is 4.38. The molecule has 1 aliphatic heterocycles. The van der Waals surface area contributed by atoms with E-state index in [1.54, 1.807) is 0 Å². The molecule has 0 bridgehead atoms. The van der Waals surface area contributed by atoms with Crippen molar-refractivity contribution in [3.63, 3.8) is 0 Å². The van der Waals surface area contributed by atoms with Crippen LogP contribution in [0.2, 0.25) is 5.02 Å². The van der Waals surface area contributed by atoms with Gasteiger partial charge in [-0.05, 0) is 44.3 Å². The molecule has 0 radical (unpaired) electrons. The maximum atomic E-state index is 5.81.